The maximum Gasteiger partial charge on any atom is 0.108 e. The Balaban J connectivity index is 2.06. The van der Waals surface area contributed by atoms with E-state index in [1.807, 2.05) is 31.2 Å². The molecule has 1 aromatic heterocycles. The number of benzene rings is 1. The van der Waals surface area contributed by atoms with Gasteiger partial charge in [0.1, 0.15) is 6.10 Å². The minimum absolute atomic E-state index is 0.167. The number of nitrogens with zero attached hydrogens (tertiary/aromatic N) is 1. The van der Waals surface area contributed by atoms with Crippen molar-refractivity contribution in [3.8, 4) is 0 Å². The van der Waals surface area contributed by atoms with Crippen molar-refractivity contribution >= 4 is 10.8 Å². The van der Waals surface area contributed by atoms with E-state index in [2.05, 4.69) is 4.98 Å². The largest absolute Gasteiger partial charge is 0.386 e. The summed E-state index contributed by atoms with van der Waals surface area (Å²) in [5.41, 5.74) is 1.68. The summed E-state index contributed by atoms with van der Waals surface area (Å²) in [5.74, 6) is 0.167. The lowest BCUT2D eigenvalue weighted by Gasteiger charge is -2.09. The summed E-state index contributed by atoms with van der Waals surface area (Å²) in [4.78, 5) is 4.79. The first-order valence-electron chi connectivity index (χ1n) is 5.71. The number of hydrogen-bond donors (Lipinski definition) is 1. The highest BCUT2D eigenvalue weighted by Crippen LogP contribution is 2.15. The Morgan fingerprint density at radius 3 is 2.56 bits per heavy atom. The van der Waals surface area contributed by atoms with Gasteiger partial charge in [0, 0.05) is 11.1 Å². The van der Waals surface area contributed by atoms with E-state index in [0.717, 1.165) is 10.5 Å². The van der Waals surface area contributed by atoms with Gasteiger partial charge in [-0.15, -0.1) is 0 Å². The van der Waals surface area contributed by atoms with Crippen molar-refractivity contribution in [2.24, 2.45) is 0 Å². The molecule has 4 heteroatoms. The summed E-state index contributed by atoms with van der Waals surface area (Å²) in [6, 6.07) is 12.8. The number of aryl methyl sites for hydroxylation is 1. The molecule has 2 aromatic rings. The van der Waals surface area contributed by atoms with Crippen LogP contribution in [0.15, 0.2) is 53.6 Å². The molecule has 3 nitrogen and oxygen atoms in total. The van der Waals surface area contributed by atoms with E-state index in [-0.39, 0.29) is 5.75 Å². The van der Waals surface area contributed by atoms with Crippen LogP contribution in [0.4, 0.5) is 0 Å². The Morgan fingerprint density at radius 2 is 1.94 bits per heavy atom. The van der Waals surface area contributed by atoms with E-state index in [9.17, 15) is 9.32 Å². The first kappa shape index (κ1) is 12.9. The fourth-order valence-corrected chi connectivity index (χ4v) is 2.68. The second-order valence-electron chi connectivity index (χ2n) is 4.10. The molecule has 1 unspecified atom stereocenters. The van der Waals surface area contributed by atoms with Gasteiger partial charge in [-0.2, -0.15) is 0 Å². The van der Waals surface area contributed by atoms with Gasteiger partial charge >= 0.3 is 0 Å². The molecule has 2 rings (SSSR count). The first-order chi connectivity index (χ1) is 8.66. The topological polar surface area (TPSA) is 50.2 Å². The second-order valence-corrected chi connectivity index (χ2v) is 5.59. The quantitative estimate of drug-likeness (QED) is 0.918. The molecule has 18 heavy (non-hydrogen) atoms. The van der Waals surface area contributed by atoms with Gasteiger partial charge in [0.2, 0.25) is 0 Å². The Bertz CT molecular complexity index is 525. The first-order valence-corrected chi connectivity index (χ1v) is 7.03. The van der Waals surface area contributed by atoms with Crippen LogP contribution in [0.3, 0.4) is 0 Å². The number of hydrogen-bond acceptors (Lipinski definition) is 3. The van der Waals surface area contributed by atoms with Crippen molar-refractivity contribution in [3.05, 3.63) is 59.9 Å². The maximum absolute atomic E-state index is 12.1. The molecular weight excluding hydrogens is 246 g/mol. The molecule has 0 aliphatic heterocycles. The van der Waals surface area contributed by atoms with Crippen molar-refractivity contribution in [1.29, 1.82) is 0 Å². The smallest absolute Gasteiger partial charge is 0.108 e. The highest BCUT2D eigenvalue weighted by molar-refractivity contribution is 7.85. The molecule has 1 heterocycles. The molecule has 94 valence electrons. The second kappa shape index (κ2) is 5.89. The fourth-order valence-electron chi connectivity index (χ4n) is 1.59. The van der Waals surface area contributed by atoms with Gasteiger partial charge < -0.3 is 5.11 Å². The number of aliphatic hydroxyl groups is 1. The predicted molar refractivity (Wildman–Crippen MR) is 71.7 cm³/mol. The van der Waals surface area contributed by atoms with Gasteiger partial charge in [-0.1, -0.05) is 23.8 Å². The Kier molecular flexibility index (Phi) is 4.23. The summed E-state index contributed by atoms with van der Waals surface area (Å²) in [6.45, 7) is 1.98. The van der Waals surface area contributed by atoms with E-state index >= 15 is 0 Å². The number of rotatable bonds is 4. The van der Waals surface area contributed by atoms with Crippen molar-refractivity contribution in [1.82, 2.24) is 4.98 Å². The maximum atomic E-state index is 12.1. The fraction of sp³-hybridized carbons (Fsp3) is 0.214. The van der Waals surface area contributed by atoms with Gasteiger partial charge in [-0.25, -0.2) is 0 Å². The van der Waals surface area contributed by atoms with Crippen LogP contribution in [0.2, 0.25) is 0 Å². The molecule has 0 aliphatic rings. The van der Waals surface area contributed by atoms with E-state index < -0.39 is 16.9 Å². The Morgan fingerprint density at radius 1 is 1.22 bits per heavy atom. The molecule has 1 aromatic carbocycles. The van der Waals surface area contributed by atoms with Crippen LogP contribution in [0.5, 0.6) is 0 Å². The van der Waals surface area contributed by atoms with Crippen molar-refractivity contribution in [2.75, 3.05) is 5.75 Å². The molecule has 0 fully saturated rings. The Hall–Kier alpha value is -1.52. The zero-order valence-electron chi connectivity index (χ0n) is 10.1. The normalized spacial score (nSPS) is 14.1. The van der Waals surface area contributed by atoms with Crippen LogP contribution in [0.25, 0.3) is 0 Å². The third-order valence-corrected chi connectivity index (χ3v) is 4.04. The molecule has 0 radical (unpaired) electrons. The average molecular weight is 261 g/mol. The van der Waals surface area contributed by atoms with Crippen molar-refractivity contribution in [2.45, 2.75) is 17.9 Å². The molecule has 0 bridgehead atoms. The van der Waals surface area contributed by atoms with Crippen LogP contribution in [-0.4, -0.2) is 20.1 Å². The lowest BCUT2D eigenvalue weighted by molar-refractivity contribution is 0.198. The zero-order valence-corrected chi connectivity index (χ0v) is 10.9. The minimum Gasteiger partial charge on any atom is -0.386 e. The predicted octanol–water partition coefficient (Wildman–Crippen LogP) is 2.23. The van der Waals surface area contributed by atoms with Crippen molar-refractivity contribution in [3.63, 3.8) is 0 Å². The molecule has 0 saturated carbocycles. The van der Waals surface area contributed by atoms with Gasteiger partial charge in [0.25, 0.3) is 0 Å². The van der Waals surface area contributed by atoms with Gasteiger partial charge in [-0.3, -0.25) is 9.19 Å². The van der Waals surface area contributed by atoms with Crippen LogP contribution < -0.4 is 0 Å². The Labute approximate surface area is 109 Å². The molecule has 1 N–H and O–H groups in total. The van der Waals surface area contributed by atoms with Crippen molar-refractivity contribution < 1.29 is 9.32 Å². The third kappa shape index (κ3) is 3.24. The monoisotopic (exact) mass is 261 g/mol. The molecule has 2 atom stereocenters. The SMILES string of the molecule is Cc1ccc(S(=O)C[C@H](O)c2ccccn2)cc1. The molecule has 0 aliphatic carbocycles. The minimum atomic E-state index is -1.21. The standard InChI is InChI=1S/C14H15NO2S/c1-11-5-7-12(8-6-11)18(17)10-14(16)13-4-2-3-9-15-13/h2-9,14,16H,10H2,1H3/t14-,18?/m0/s1. The summed E-state index contributed by atoms with van der Waals surface area (Å²) in [6.07, 6.45) is 0.821. The molecule has 0 amide bonds. The van der Waals surface area contributed by atoms with Crippen LogP contribution >= 0.6 is 0 Å². The van der Waals surface area contributed by atoms with Gasteiger partial charge in [-0.05, 0) is 31.2 Å². The number of aromatic nitrogens is 1. The molecule has 0 spiro atoms. The summed E-state index contributed by atoms with van der Waals surface area (Å²) in [7, 11) is -1.21. The van der Waals surface area contributed by atoms with Gasteiger partial charge in [0.05, 0.1) is 22.2 Å². The lowest BCUT2D eigenvalue weighted by atomic mass is 10.2. The van der Waals surface area contributed by atoms with E-state index in [1.54, 1.807) is 24.4 Å². The number of aliphatic hydroxyl groups excluding tert-OH is 1. The number of pyridine rings is 1. The summed E-state index contributed by atoms with van der Waals surface area (Å²) >= 11 is 0. The van der Waals surface area contributed by atoms with Gasteiger partial charge in [0.15, 0.2) is 0 Å². The highest BCUT2D eigenvalue weighted by atomic mass is 32.2. The van der Waals surface area contributed by atoms with E-state index in [0.29, 0.717) is 5.69 Å². The lowest BCUT2D eigenvalue weighted by Crippen LogP contribution is -2.10. The van der Waals surface area contributed by atoms with Crippen LogP contribution in [0, 0.1) is 6.92 Å². The van der Waals surface area contributed by atoms with E-state index in [4.69, 9.17) is 0 Å². The summed E-state index contributed by atoms with van der Waals surface area (Å²) < 4.78 is 12.1. The average Bonchev–Trinajstić information content (AvgIpc) is 2.40. The van der Waals surface area contributed by atoms with E-state index in [1.165, 1.54) is 0 Å². The molecular formula is C14H15NO2S. The van der Waals surface area contributed by atoms with Crippen LogP contribution in [-0.2, 0) is 10.8 Å². The summed E-state index contributed by atoms with van der Waals surface area (Å²) in [5, 5.41) is 9.95. The third-order valence-electron chi connectivity index (χ3n) is 2.62. The zero-order chi connectivity index (χ0) is 13.0. The molecule has 0 saturated heterocycles. The van der Waals surface area contributed by atoms with Crippen LogP contribution in [0.1, 0.15) is 17.4 Å². The highest BCUT2D eigenvalue weighted by Gasteiger charge is 2.14.